The van der Waals surface area contributed by atoms with Gasteiger partial charge < -0.3 is 5.11 Å². The molecule has 0 fully saturated rings. The predicted molar refractivity (Wildman–Crippen MR) is 67.4 cm³/mol. The van der Waals surface area contributed by atoms with Crippen molar-refractivity contribution in [3.63, 3.8) is 0 Å². The van der Waals surface area contributed by atoms with Gasteiger partial charge >= 0.3 is 5.97 Å². The Balaban J connectivity index is 4.26. The molecule has 0 saturated carbocycles. The highest BCUT2D eigenvalue weighted by molar-refractivity contribution is 8.01. The van der Waals surface area contributed by atoms with E-state index in [1.54, 1.807) is 11.8 Å². The minimum atomic E-state index is -0.672. The van der Waals surface area contributed by atoms with Crippen LogP contribution in [-0.4, -0.2) is 21.6 Å². The van der Waals surface area contributed by atoms with Crippen molar-refractivity contribution in [3.8, 4) is 0 Å². The Bertz CT molecular complexity index is 188. The Morgan fingerprint density at radius 3 is 2.13 bits per heavy atom. The van der Waals surface area contributed by atoms with E-state index in [2.05, 4.69) is 27.7 Å². The highest BCUT2D eigenvalue weighted by Gasteiger charge is 2.33. The third kappa shape index (κ3) is 6.08. The van der Waals surface area contributed by atoms with Crippen LogP contribution < -0.4 is 0 Å². The minimum absolute atomic E-state index is 0.549. The Hall–Kier alpha value is -0.180. The molecule has 1 unspecified atom stereocenters. The first-order valence-corrected chi connectivity index (χ1v) is 6.64. The third-order valence-electron chi connectivity index (χ3n) is 2.39. The van der Waals surface area contributed by atoms with Crippen LogP contribution in [-0.2, 0) is 4.79 Å². The molecule has 0 aromatic heterocycles. The molecule has 15 heavy (non-hydrogen) atoms. The van der Waals surface area contributed by atoms with E-state index in [9.17, 15) is 9.90 Å². The lowest BCUT2D eigenvalue weighted by atomic mass is 9.99. The van der Waals surface area contributed by atoms with Crippen molar-refractivity contribution in [2.24, 2.45) is 11.8 Å². The minimum Gasteiger partial charge on any atom is -0.480 e. The van der Waals surface area contributed by atoms with E-state index in [0.717, 1.165) is 18.6 Å². The largest absolute Gasteiger partial charge is 0.480 e. The van der Waals surface area contributed by atoms with Crippen LogP contribution in [0.3, 0.4) is 0 Å². The van der Waals surface area contributed by atoms with Crippen LogP contribution in [0.1, 0.15) is 47.5 Å². The van der Waals surface area contributed by atoms with Crippen molar-refractivity contribution in [3.05, 3.63) is 0 Å². The molecule has 90 valence electrons. The van der Waals surface area contributed by atoms with Gasteiger partial charge in [-0.2, -0.15) is 0 Å². The molecule has 0 amide bonds. The second kappa shape index (κ2) is 6.41. The fourth-order valence-electron chi connectivity index (χ4n) is 1.16. The zero-order valence-corrected chi connectivity index (χ0v) is 11.4. The summed E-state index contributed by atoms with van der Waals surface area (Å²) in [5.41, 5.74) is 0. The Labute approximate surface area is 97.8 Å². The van der Waals surface area contributed by atoms with Crippen molar-refractivity contribution < 1.29 is 9.90 Å². The maximum atomic E-state index is 11.2. The Kier molecular flexibility index (Phi) is 6.34. The van der Waals surface area contributed by atoms with E-state index in [1.807, 2.05) is 6.92 Å². The summed E-state index contributed by atoms with van der Waals surface area (Å²) in [4.78, 5) is 11.2. The highest BCUT2D eigenvalue weighted by atomic mass is 32.2. The number of carboxylic acids is 1. The SMILES string of the molecule is CC(C)CCC(C)(SCC(C)C)C(=O)O. The molecule has 0 aliphatic heterocycles. The van der Waals surface area contributed by atoms with Crippen molar-refractivity contribution >= 4 is 17.7 Å². The van der Waals surface area contributed by atoms with Gasteiger partial charge in [0.25, 0.3) is 0 Å². The summed E-state index contributed by atoms with van der Waals surface area (Å²) in [7, 11) is 0. The van der Waals surface area contributed by atoms with E-state index < -0.39 is 10.7 Å². The number of carbonyl (C=O) groups is 1. The molecule has 0 bridgehead atoms. The molecular formula is C12H24O2S. The Morgan fingerprint density at radius 2 is 1.80 bits per heavy atom. The molecule has 1 atom stereocenters. The molecule has 0 aliphatic rings. The predicted octanol–water partition coefficient (Wildman–Crippen LogP) is 3.66. The molecule has 0 spiro atoms. The zero-order chi connectivity index (χ0) is 12.1. The van der Waals surface area contributed by atoms with Crippen LogP contribution in [0.2, 0.25) is 0 Å². The first-order valence-electron chi connectivity index (χ1n) is 5.65. The zero-order valence-electron chi connectivity index (χ0n) is 10.5. The van der Waals surface area contributed by atoms with Crippen molar-refractivity contribution in [2.75, 3.05) is 5.75 Å². The van der Waals surface area contributed by atoms with Crippen LogP contribution in [0.25, 0.3) is 0 Å². The van der Waals surface area contributed by atoms with Crippen molar-refractivity contribution in [1.29, 1.82) is 0 Å². The second-order valence-electron chi connectivity index (χ2n) is 5.17. The molecule has 1 N–H and O–H groups in total. The van der Waals surface area contributed by atoms with Gasteiger partial charge in [0.1, 0.15) is 4.75 Å². The van der Waals surface area contributed by atoms with Gasteiger partial charge in [-0.25, -0.2) is 0 Å². The van der Waals surface area contributed by atoms with Gasteiger partial charge in [0, 0.05) is 0 Å². The van der Waals surface area contributed by atoms with Crippen LogP contribution in [0.15, 0.2) is 0 Å². The first-order chi connectivity index (χ1) is 6.78. The maximum Gasteiger partial charge on any atom is 0.319 e. The van der Waals surface area contributed by atoms with Gasteiger partial charge in [-0.1, -0.05) is 27.7 Å². The number of thioether (sulfide) groups is 1. The number of rotatable bonds is 7. The summed E-state index contributed by atoms with van der Waals surface area (Å²) in [6, 6.07) is 0. The second-order valence-corrected chi connectivity index (χ2v) is 6.70. The normalized spacial score (nSPS) is 15.7. The molecule has 0 saturated heterocycles. The van der Waals surface area contributed by atoms with Crippen LogP contribution in [0.5, 0.6) is 0 Å². The van der Waals surface area contributed by atoms with Crippen LogP contribution >= 0.6 is 11.8 Å². The summed E-state index contributed by atoms with van der Waals surface area (Å²) in [6.07, 6.45) is 1.74. The van der Waals surface area contributed by atoms with Crippen LogP contribution in [0, 0.1) is 11.8 Å². The molecule has 0 aromatic rings. The van der Waals surface area contributed by atoms with Gasteiger partial charge in [-0.3, -0.25) is 4.79 Å². The molecular weight excluding hydrogens is 208 g/mol. The highest BCUT2D eigenvalue weighted by Crippen LogP contribution is 2.33. The number of hydrogen-bond acceptors (Lipinski definition) is 2. The van der Waals surface area contributed by atoms with Crippen LogP contribution in [0.4, 0.5) is 0 Å². The molecule has 3 heteroatoms. The van der Waals surface area contributed by atoms with Crippen molar-refractivity contribution in [2.45, 2.75) is 52.2 Å². The fraction of sp³-hybridized carbons (Fsp3) is 0.917. The number of aliphatic carboxylic acids is 1. The lowest BCUT2D eigenvalue weighted by Crippen LogP contribution is -2.32. The maximum absolute atomic E-state index is 11.2. The smallest absolute Gasteiger partial charge is 0.319 e. The average Bonchev–Trinajstić information content (AvgIpc) is 2.11. The summed E-state index contributed by atoms with van der Waals surface area (Å²) in [6.45, 7) is 10.4. The van der Waals surface area contributed by atoms with E-state index in [0.29, 0.717) is 11.8 Å². The summed E-state index contributed by atoms with van der Waals surface area (Å²) >= 11 is 1.58. The lowest BCUT2D eigenvalue weighted by molar-refractivity contribution is -0.139. The topological polar surface area (TPSA) is 37.3 Å². The molecule has 0 heterocycles. The monoisotopic (exact) mass is 232 g/mol. The molecule has 0 radical (unpaired) electrons. The molecule has 0 aliphatic carbocycles. The molecule has 0 rings (SSSR count). The third-order valence-corrected chi connectivity index (χ3v) is 4.24. The van der Waals surface area contributed by atoms with Gasteiger partial charge in [-0.05, 0) is 37.4 Å². The number of carboxylic acid groups (broad SMARTS) is 1. The van der Waals surface area contributed by atoms with E-state index in [4.69, 9.17) is 0 Å². The standard InChI is InChI=1S/C12H24O2S/c1-9(2)6-7-12(5,11(13)14)15-8-10(3)4/h9-10H,6-8H2,1-5H3,(H,13,14). The summed E-state index contributed by atoms with van der Waals surface area (Å²) in [5.74, 6) is 1.37. The summed E-state index contributed by atoms with van der Waals surface area (Å²) < 4.78 is -0.603. The van der Waals surface area contributed by atoms with E-state index in [1.165, 1.54) is 0 Å². The average molecular weight is 232 g/mol. The fourth-order valence-corrected chi connectivity index (χ4v) is 2.24. The van der Waals surface area contributed by atoms with Gasteiger partial charge in [0.15, 0.2) is 0 Å². The van der Waals surface area contributed by atoms with Gasteiger partial charge in [-0.15, -0.1) is 11.8 Å². The first kappa shape index (κ1) is 14.8. The van der Waals surface area contributed by atoms with E-state index >= 15 is 0 Å². The quantitative estimate of drug-likeness (QED) is 0.728. The van der Waals surface area contributed by atoms with Gasteiger partial charge in [0.2, 0.25) is 0 Å². The number of hydrogen-bond donors (Lipinski definition) is 1. The lowest BCUT2D eigenvalue weighted by Gasteiger charge is -2.25. The molecule has 2 nitrogen and oxygen atoms in total. The molecule has 0 aromatic carbocycles. The Morgan fingerprint density at radius 1 is 1.27 bits per heavy atom. The van der Waals surface area contributed by atoms with Crippen molar-refractivity contribution in [1.82, 2.24) is 0 Å². The van der Waals surface area contributed by atoms with E-state index in [-0.39, 0.29) is 0 Å². The van der Waals surface area contributed by atoms with Gasteiger partial charge in [0.05, 0.1) is 0 Å². The summed E-state index contributed by atoms with van der Waals surface area (Å²) in [5, 5.41) is 9.24.